The minimum Gasteiger partial charge on any atom is -0.467 e. The van der Waals surface area contributed by atoms with Crippen LogP contribution in [0.15, 0.2) is 0 Å². The highest BCUT2D eigenvalue weighted by molar-refractivity contribution is 5.74. The van der Waals surface area contributed by atoms with E-state index in [4.69, 9.17) is 15.2 Å². The zero-order valence-electron chi connectivity index (χ0n) is 11.7. The molecule has 9 nitrogen and oxygen atoms in total. The van der Waals surface area contributed by atoms with Crippen molar-refractivity contribution >= 4 is 17.8 Å². The Hall–Kier alpha value is -2.16. The molecule has 0 aliphatic heterocycles. The zero-order valence-corrected chi connectivity index (χ0v) is 11.7. The lowest BCUT2D eigenvalue weighted by Crippen LogP contribution is -2.21. The highest BCUT2D eigenvalue weighted by Crippen LogP contribution is 2.10. The Bertz CT molecular complexity index is 429. The molecular weight excluding hydrogens is 264 g/mol. The lowest BCUT2D eigenvalue weighted by molar-refractivity contribution is -0.122. The number of ether oxygens (including phenoxy) is 2. The highest BCUT2D eigenvalue weighted by Gasteiger charge is 2.06. The number of carbonyl (C=O) groups is 1. The molecule has 1 aromatic heterocycles. The second-order valence-electron chi connectivity index (χ2n) is 3.84. The fraction of sp³-hybridized carbons (Fsp3) is 0.636. The molecule has 0 saturated carbocycles. The van der Waals surface area contributed by atoms with Gasteiger partial charge in [-0.15, -0.1) is 0 Å². The molecule has 0 radical (unpaired) electrons. The summed E-state index contributed by atoms with van der Waals surface area (Å²) in [6.07, 6.45) is 0.956. The number of hydrogen-bond donors (Lipinski definition) is 3. The molecular formula is C11H20N6O3. The Labute approximate surface area is 117 Å². The molecule has 0 unspecified atom stereocenters. The molecule has 112 valence electrons. The van der Waals surface area contributed by atoms with E-state index in [0.29, 0.717) is 25.0 Å². The van der Waals surface area contributed by atoms with Gasteiger partial charge in [-0.2, -0.15) is 15.0 Å². The summed E-state index contributed by atoms with van der Waals surface area (Å²) < 4.78 is 10.0. The lowest BCUT2D eigenvalue weighted by atomic mass is 10.5. The van der Waals surface area contributed by atoms with Crippen molar-refractivity contribution in [1.29, 1.82) is 0 Å². The fourth-order valence-corrected chi connectivity index (χ4v) is 1.25. The third kappa shape index (κ3) is 6.14. The number of nitrogens with two attached hydrogens (primary N) is 1. The third-order valence-electron chi connectivity index (χ3n) is 2.10. The van der Waals surface area contributed by atoms with E-state index in [-0.39, 0.29) is 12.6 Å². The van der Waals surface area contributed by atoms with Crippen molar-refractivity contribution in [2.75, 3.05) is 44.0 Å². The van der Waals surface area contributed by atoms with E-state index >= 15 is 0 Å². The number of carbonyl (C=O) groups excluding carboxylic acids is 1. The molecule has 4 N–H and O–H groups in total. The Morgan fingerprint density at radius 2 is 1.85 bits per heavy atom. The summed E-state index contributed by atoms with van der Waals surface area (Å²) >= 11 is 0. The quantitative estimate of drug-likeness (QED) is 0.496. The smallest absolute Gasteiger partial charge is 0.322 e. The van der Waals surface area contributed by atoms with Gasteiger partial charge in [-0.25, -0.2) is 0 Å². The number of hydrogen-bond acceptors (Lipinski definition) is 8. The molecule has 0 atom stereocenters. The van der Waals surface area contributed by atoms with Crippen molar-refractivity contribution in [3.63, 3.8) is 0 Å². The predicted octanol–water partition coefficient (Wildman–Crippen LogP) is -0.384. The van der Waals surface area contributed by atoms with E-state index in [1.807, 2.05) is 6.92 Å². The first-order chi connectivity index (χ1) is 9.65. The van der Waals surface area contributed by atoms with Crippen molar-refractivity contribution < 1.29 is 14.3 Å². The molecule has 20 heavy (non-hydrogen) atoms. The van der Waals surface area contributed by atoms with Crippen molar-refractivity contribution in [3.05, 3.63) is 0 Å². The third-order valence-corrected chi connectivity index (χ3v) is 2.10. The van der Waals surface area contributed by atoms with Gasteiger partial charge in [0.15, 0.2) is 0 Å². The van der Waals surface area contributed by atoms with Crippen molar-refractivity contribution in [1.82, 2.24) is 15.0 Å². The van der Waals surface area contributed by atoms with Gasteiger partial charge in [0, 0.05) is 13.1 Å². The van der Waals surface area contributed by atoms with Crippen LogP contribution < -0.4 is 21.1 Å². The van der Waals surface area contributed by atoms with E-state index in [1.165, 1.54) is 7.11 Å². The van der Waals surface area contributed by atoms with Gasteiger partial charge in [-0.05, 0) is 6.42 Å². The van der Waals surface area contributed by atoms with Gasteiger partial charge in [-0.1, -0.05) is 6.92 Å². The monoisotopic (exact) mass is 284 g/mol. The summed E-state index contributed by atoms with van der Waals surface area (Å²) in [4.78, 5) is 22.8. The molecule has 1 amide bonds. The number of nitrogens with zero attached hydrogens (tertiary/aromatic N) is 3. The minimum atomic E-state index is -0.502. The van der Waals surface area contributed by atoms with Crippen LogP contribution >= 0.6 is 0 Å². The summed E-state index contributed by atoms with van der Waals surface area (Å²) in [6, 6.07) is 0.221. The Kier molecular flexibility index (Phi) is 7.04. The summed E-state index contributed by atoms with van der Waals surface area (Å²) in [6.45, 7) is 3.45. The molecule has 1 heterocycles. The van der Waals surface area contributed by atoms with Gasteiger partial charge in [0.25, 0.3) is 0 Å². The van der Waals surface area contributed by atoms with Crippen LogP contribution in [0.25, 0.3) is 0 Å². The average molecular weight is 284 g/mol. The zero-order chi connectivity index (χ0) is 14.8. The Morgan fingerprint density at radius 1 is 1.20 bits per heavy atom. The van der Waals surface area contributed by atoms with Crippen LogP contribution in [-0.2, 0) is 9.53 Å². The van der Waals surface area contributed by atoms with Gasteiger partial charge in [-0.3, -0.25) is 4.79 Å². The van der Waals surface area contributed by atoms with Crippen LogP contribution in [0.5, 0.6) is 6.01 Å². The van der Waals surface area contributed by atoms with Gasteiger partial charge < -0.3 is 25.8 Å². The normalized spacial score (nSPS) is 10.1. The van der Waals surface area contributed by atoms with E-state index < -0.39 is 5.91 Å². The summed E-state index contributed by atoms with van der Waals surface area (Å²) in [5, 5.41) is 6.00. The molecule has 0 aliphatic rings. The maximum Gasteiger partial charge on any atom is 0.322 e. The maximum atomic E-state index is 10.5. The summed E-state index contributed by atoms with van der Waals surface area (Å²) in [7, 11) is 1.48. The van der Waals surface area contributed by atoms with Gasteiger partial charge in [0.2, 0.25) is 17.8 Å². The minimum absolute atomic E-state index is 0.106. The number of aromatic nitrogens is 3. The SMILES string of the molecule is CCCNc1nc(NCCOCC(N)=O)nc(OC)n1. The first-order valence-electron chi connectivity index (χ1n) is 6.29. The number of nitrogens with one attached hydrogen (secondary N) is 2. The molecule has 0 fully saturated rings. The maximum absolute atomic E-state index is 10.5. The predicted molar refractivity (Wildman–Crippen MR) is 73.7 cm³/mol. The molecule has 0 bridgehead atoms. The Morgan fingerprint density at radius 3 is 2.40 bits per heavy atom. The largest absolute Gasteiger partial charge is 0.467 e. The topological polar surface area (TPSA) is 124 Å². The summed E-state index contributed by atoms with van der Waals surface area (Å²) in [5.74, 6) is 0.315. The fourth-order valence-electron chi connectivity index (χ4n) is 1.25. The second kappa shape index (κ2) is 8.86. The van der Waals surface area contributed by atoms with Crippen LogP contribution in [0, 0.1) is 0 Å². The average Bonchev–Trinajstić information content (AvgIpc) is 2.44. The Balaban J connectivity index is 2.48. The first-order valence-corrected chi connectivity index (χ1v) is 6.29. The van der Waals surface area contributed by atoms with E-state index in [2.05, 4.69) is 25.6 Å². The van der Waals surface area contributed by atoms with Gasteiger partial charge in [0.05, 0.1) is 13.7 Å². The molecule has 9 heteroatoms. The molecule has 0 spiro atoms. The number of methoxy groups -OCH3 is 1. The van der Waals surface area contributed by atoms with Gasteiger partial charge in [0.1, 0.15) is 6.61 Å². The van der Waals surface area contributed by atoms with Crippen molar-refractivity contribution in [3.8, 4) is 6.01 Å². The second-order valence-corrected chi connectivity index (χ2v) is 3.84. The van der Waals surface area contributed by atoms with E-state index in [1.54, 1.807) is 0 Å². The van der Waals surface area contributed by atoms with Crippen molar-refractivity contribution in [2.45, 2.75) is 13.3 Å². The number of amides is 1. The molecule has 0 aromatic carbocycles. The van der Waals surface area contributed by atoms with E-state index in [9.17, 15) is 4.79 Å². The number of rotatable bonds is 10. The molecule has 1 rings (SSSR count). The highest BCUT2D eigenvalue weighted by atomic mass is 16.5. The molecule has 0 aliphatic carbocycles. The standard InChI is InChI=1S/C11H20N6O3/c1-3-4-13-9-15-10(17-11(16-9)19-2)14-5-6-20-7-8(12)18/h3-7H2,1-2H3,(H2,12,18)(H2,13,14,15,16,17). The number of anilines is 2. The van der Waals surface area contributed by atoms with Crippen LogP contribution in [0.4, 0.5) is 11.9 Å². The van der Waals surface area contributed by atoms with Crippen LogP contribution in [-0.4, -0.2) is 54.3 Å². The lowest BCUT2D eigenvalue weighted by Gasteiger charge is -2.09. The van der Waals surface area contributed by atoms with Crippen LogP contribution in [0.2, 0.25) is 0 Å². The number of primary amides is 1. The van der Waals surface area contributed by atoms with Crippen molar-refractivity contribution in [2.24, 2.45) is 5.73 Å². The van der Waals surface area contributed by atoms with Gasteiger partial charge >= 0.3 is 6.01 Å². The van der Waals surface area contributed by atoms with E-state index in [0.717, 1.165) is 13.0 Å². The molecule has 1 aromatic rings. The molecule has 0 saturated heterocycles. The van der Waals surface area contributed by atoms with Crippen LogP contribution in [0.3, 0.4) is 0 Å². The summed E-state index contributed by atoms with van der Waals surface area (Å²) in [5.41, 5.74) is 4.95. The first kappa shape index (κ1) is 15.9. The van der Waals surface area contributed by atoms with Crippen LogP contribution in [0.1, 0.15) is 13.3 Å².